The van der Waals surface area contributed by atoms with E-state index in [0.717, 1.165) is 19.7 Å². The Bertz CT molecular complexity index is 102. The molecular formula is C7H14ClNO. The van der Waals surface area contributed by atoms with Crippen LogP contribution >= 0.6 is 12.4 Å². The molecular weight excluding hydrogens is 150 g/mol. The number of allylic oxidation sites excluding steroid dienone is 1. The van der Waals surface area contributed by atoms with E-state index in [1.165, 1.54) is 0 Å². The summed E-state index contributed by atoms with van der Waals surface area (Å²) in [6.07, 6.45) is 4.51. The average Bonchev–Trinajstić information content (AvgIpc) is 1.76. The van der Waals surface area contributed by atoms with Crippen LogP contribution in [0.5, 0.6) is 0 Å². The lowest BCUT2D eigenvalue weighted by Gasteiger charge is -2.26. The summed E-state index contributed by atoms with van der Waals surface area (Å²) in [7, 11) is 0. The number of halogens is 1. The van der Waals surface area contributed by atoms with Gasteiger partial charge in [0.25, 0.3) is 0 Å². The second-order valence-electron chi connectivity index (χ2n) is 2.18. The molecule has 1 fully saturated rings. The summed E-state index contributed by atoms with van der Waals surface area (Å²) in [5.41, 5.74) is 0. The van der Waals surface area contributed by atoms with E-state index < -0.39 is 0 Å². The number of ether oxygens (including phenoxy) is 1. The van der Waals surface area contributed by atoms with Crippen LogP contribution in [0.1, 0.15) is 6.92 Å². The van der Waals surface area contributed by atoms with E-state index in [1.807, 2.05) is 19.1 Å². The van der Waals surface area contributed by atoms with Gasteiger partial charge in [0.2, 0.25) is 0 Å². The maximum absolute atomic E-state index is 5.37. The monoisotopic (exact) mass is 163 g/mol. The van der Waals surface area contributed by atoms with Crippen LogP contribution in [-0.4, -0.2) is 25.8 Å². The summed E-state index contributed by atoms with van der Waals surface area (Å²) in [4.78, 5) is 0. The maximum Gasteiger partial charge on any atom is 0.0827 e. The van der Waals surface area contributed by atoms with E-state index >= 15 is 0 Å². The Morgan fingerprint density at radius 3 is 2.70 bits per heavy atom. The Hall–Kier alpha value is -0.0500. The molecule has 60 valence electrons. The molecule has 1 aliphatic rings. The standard InChI is InChI=1S/C7H13NO.ClH/c1-2-3-4-9-7-5-8-6-7;/h2-3,7-8H,4-6H2,1H3;1H. The quantitative estimate of drug-likeness (QED) is 0.627. The van der Waals surface area contributed by atoms with Crippen molar-refractivity contribution in [1.82, 2.24) is 5.32 Å². The van der Waals surface area contributed by atoms with E-state index in [4.69, 9.17) is 4.74 Å². The summed E-state index contributed by atoms with van der Waals surface area (Å²) in [6.45, 7) is 4.82. The summed E-state index contributed by atoms with van der Waals surface area (Å²) in [6, 6.07) is 0. The summed E-state index contributed by atoms with van der Waals surface area (Å²) < 4.78 is 5.37. The van der Waals surface area contributed by atoms with Crippen molar-refractivity contribution in [2.45, 2.75) is 13.0 Å². The van der Waals surface area contributed by atoms with Crippen molar-refractivity contribution in [3.63, 3.8) is 0 Å². The molecule has 0 unspecified atom stereocenters. The lowest BCUT2D eigenvalue weighted by Crippen LogP contribution is -2.48. The molecule has 2 nitrogen and oxygen atoms in total. The smallest absolute Gasteiger partial charge is 0.0827 e. The number of nitrogens with one attached hydrogen (secondary N) is 1. The van der Waals surface area contributed by atoms with Crippen LogP contribution in [0.2, 0.25) is 0 Å². The fourth-order valence-corrected chi connectivity index (χ4v) is 0.668. The van der Waals surface area contributed by atoms with Gasteiger partial charge >= 0.3 is 0 Å². The first kappa shape index (κ1) is 9.95. The summed E-state index contributed by atoms with van der Waals surface area (Å²) in [5, 5.41) is 3.14. The van der Waals surface area contributed by atoms with Crippen LogP contribution in [0.25, 0.3) is 0 Å². The molecule has 3 heteroatoms. The van der Waals surface area contributed by atoms with Gasteiger partial charge in [0, 0.05) is 13.1 Å². The van der Waals surface area contributed by atoms with Gasteiger partial charge in [0.15, 0.2) is 0 Å². The van der Waals surface area contributed by atoms with Crippen LogP contribution in [0.15, 0.2) is 12.2 Å². The van der Waals surface area contributed by atoms with Gasteiger partial charge in [0.05, 0.1) is 12.7 Å². The van der Waals surface area contributed by atoms with Crippen LogP contribution in [0, 0.1) is 0 Å². The van der Waals surface area contributed by atoms with Crippen LogP contribution in [0.4, 0.5) is 0 Å². The van der Waals surface area contributed by atoms with Crippen molar-refractivity contribution in [3.05, 3.63) is 12.2 Å². The molecule has 0 atom stereocenters. The molecule has 0 spiro atoms. The zero-order valence-electron chi connectivity index (χ0n) is 6.17. The normalized spacial score (nSPS) is 18.5. The lowest BCUT2D eigenvalue weighted by molar-refractivity contribution is 0.0364. The molecule has 0 amide bonds. The topological polar surface area (TPSA) is 21.3 Å². The first-order chi connectivity index (χ1) is 4.43. The van der Waals surface area contributed by atoms with E-state index in [1.54, 1.807) is 0 Å². The van der Waals surface area contributed by atoms with E-state index in [2.05, 4.69) is 5.32 Å². The predicted molar refractivity (Wildman–Crippen MR) is 44.7 cm³/mol. The third-order valence-corrected chi connectivity index (χ3v) is 1.41. The van der Waals surface area contributed by atoms with Crippen molar-refractivity contribution < 1.29 is 4.74 Å². The van der Waals surface area contributed by atoms with Gasteiger partial charge < -0.3 is 10.1 Å². The average molecular weight is 164 g/mol. The van der Waals surface area contributed by atoms with Gasteiger partial charge in [-0.25, -0.2) is 0 Å². The highest BCUT2D eigenvalue weighted by Crippen LogP contribution is 1.96. The third-order valence-electron chi connectivity index (χ3n) is 1.41. The molecule has 0 bridgehead atoms. The highest BCUT2D eigenvalue weighted by Gasteiger charge is 2.15. The van der Waals surface area contributed by atoms with Crippen molar-refractivity contribution in [2.75, 3.05) is 19.7 Å². The van der Waals surface area contributed by atoms with Crippen molar-refractivity contribution in [3.8, 4) is 0 Å². The van der Waals surface area contributed by atoms with Crippen LogP contribution in [-0.2, 0) is 4.74 Å². The van der Waals surface area contributed by atoms with Crippen molar-refractivity contribution >= 4 is 12.4 Å². The molecule has 1 saturated heterocycles. The van der Waals surface area contributed by atoms with Gasteiger partial charge in [0.1, 0.15) is 0 Å². The molecule has 1 N–H and O–H groups in total. The fourth-order valence-electron chi connectivity index (χ4n) is 0.668. The third kappa shape index (κ3) is 3.20. The molecule has 10 heavy (non-hydrogen) atoms. The van der Waals surface area contributed by atoms with Gasteiger partial charge in [-0.1, -0.05) is 12.2 Å². The second kappa shape index (κ2) is 5.71. The molecule has 0 aromatic carbocycles. The van der Waals surface area contributed by atoms with E-state index in [-0.39, 0.29) is 12.4 Å². The van der Waals surface area contributed by atoms with E-state index in [9.17, 15) is 0 Å². The second-order valence-corrected chi connectivity index (χ2v) is 2.18. The SMILES string of the molecule is CC=CCOC1CNC1.Cl. The van der Waals surface area contributed by atoms with Crippen molar-refractivity contribution in [2.24, 2.45) is 0 Å². The zero-order chi connectivity index (χ0) is 6.53. The van der Waals surface area contributed by atoms with E-state index in [0.29, 0.717) is 6.10 Å². The Morgan fingerprint density at radius 2 is 2.30 bits per heavy atom. The summed E-state index contributed by atoms with van der Waals surface area (Å²) in [5.74, 6) is 0. The molecule has 1 aliphatic heterocycles. The first-order valence-electron chi connectivity index (χ1n) is 3.37. The number of hydrogen-bond acceptors (Lipinski definition) is 2. The minimum absolute atomic E-state index is 0. The molecule has 1 rings (SSSR count). The molecule has 0 radical (unpaired) electrons. The molecule has 0 saturated carbocycles. The zero-order valence-corrected chi connectivity index (χ0v) is 6.99. The van der Waals surface area contributed by atoms with Crippen LogP contribution < -0.4 is 5.32 Å². The fraction of sp³-hybridized carbons (Fsp3) is 0.714. The highest BCUT2D eigenvalue weighted by molar-refractivity contribution is 5.85. The maximum atomic E-state index is 5.37. The Balaban J connectivity index is 0.000000810. The number of hydrogen-bond donors (Lipinski definition) is 1. The highest BCUT2D eigenvalue weighted by atomic mass is 35.5. The largest absolute Gasteiger partial charge is 0.372 e. The minimum atomic E-state index is 0. The lowest BCUT2D eigenvalue weighted by atomic mass is 10.2. The molecule has 0 aliphatic carbocycles. The molecule has 0 aromatic heterocycles. The van der Waals surface area contributed by atoms with Gasteiger partial charge in [-0.15, -0.1) is 12.4 Å². The summed E-state index contributed by atoms with van der Waals surface area (Å²) >= 11 is 0. The minimum Gasteiger partial charge on any atom is -0.372 e. The molecule has 1 heterocycles. The van der Waals surface area contributed by atoms with Gasteiger partial charge in [-0.2, -0.15) is 0 Å². The molecule has 0 aromatic rings. The number of rotatable bonds is 3. The first-order valence-corrected chi connectivity index (χ1v) is 3.37. The predicted octanol–water partition coefficient (Wildman–Crippen LogP) is 0.973. The van der Waals surface area contributed by atoms with Crippen molar-refractivity contribution in [1.29, 1.82) is 0 Å². The van der Waals surface area contributed by atoms with Gasteiger partial charge in [-0.3, -0.25) is 0 Å². The Morgan fingerprint density at radius 1 is 1.60 bits per heavy atom. The Kier molecular flexibility index (Phi) is 5.69. The van der Waals surface area contributed by atoms with Crippen LogP contribution in [0.3, 0.4) is 0 Å². The van der Waals surface area contributed by atoms with Gasteiger partial charge in [-0.05, 0) is 6.92 Å². The Labute approximate surface area is 68.0 Å².